The van der Waals surface area contributed by atoms with E-state index < -0.39 is 14.9 Å². The van der Waals surface area contributed by atoms with Crippen LogP contribution in [0.4, 0.5) is 5.69 Å². The van der Waals surface area contributed by atoms with Crippen LogP contribution in [-0.2, 0) is 10.0 Å². The molecule has 1 aliphatic carbocycles. The fourth-order valence-electron chi connectivity index (χ4n) is 3.89. The summed E-state index contributed by atoms with van der Waals surface area (Å²) in [5.74, 6) is 0. The molecule has 27 heavy (non-hydrogen) atoms. The lowest BCUT2D eigenvalue weighted by atomic mass is 9.95. The first-order valence-corrected chi connectivity index (χ1v) is 11.1. The topological polar surface area (TPSA) is 95.8 Å². The van der Waals surface area contributed by atoms with Gasteiger partial charge in [-0.15, -0.1) is 0 Å². The summed E-state index contributed by atoms with van der Waals surface area (Å²) in [6.45, 7) is 3.82. The van der Waals surface area contributed by atoms with E-state index in [1.165, 1.54) is 60.7 Å². The van der Waals surface area contributed by atoms with Crippen molar-refractivity contribution < 1.29 is 13.3 Å². The van der Waals surface area contributed by atoms with Gasteiger partial charge in [-0.05, 0) is 18.9 Å². The van der Waals surface area contributed by atoms with E-state index in [1.54, 1.807) is 0 Å². The molecule has 1 aliphatic heterocycles. The number of nitro benzene ring substituents is 1. The van der Waals surface area contributed by atoms with Crippen LogP contribution >= 0.6 is 0 Å². The largest absolute Gasteiger partial charge is 0.313 e. The van der Waals surface area contributed by atoms with E-state index in [1.807, 2.05) is 0 Å². The molecular weight excluding hydrogens is 368 g/mol. The standard InChI is InChI=1S/C18H28N4O4S/c23-22(24)17-8-4-5-9-18(17)27(25,26)21-14-12-20(13-15-21)11-10-19-16-6-2-1-3-7-16/h4-5,8-9,16,19H,1-3,6-7,10-15H2. The Labute approximate surface area is 160 Å². The average molecular weight is 397 g/mol. The first kappa shape index (κ1) is 20.2. The number of piperazine rings is 1. The third-order valence-electron chi connectivity index (χ3n) is 5.48. The lowest BCUT2D eigenvalue weighted by Gasteiger charge is -2.34. The molecule has 2 aliphatic rings. The van der Waals surface area contributed by atoms with Crippen molar-refractivity contribution in [1.29, 1.82) is 0 Å². The van der Waals surface area contributed by atoms with E-state index in [2.05, 4.69) is 10.2 Å². The number of hydrogen-bond donors (Lipinski definition) is 1. The third-order valence-corrected chi connectivity index (χ3v) is 7.42. The van der Waals surface area contributed by atoms with Gasteiger partial charge in [-0.2, -0.15) is 4.31 Å². The zero-order valence-electron chi connectivity index (χ0n) is 15.5. The molecule has 8 nitrogen and oxygen atoms in total. The molecule has 1 N–H and O–H groups in total. The summed E-state index contributed by atoms with van der Waals surface area (Å²) in [6, 6.07) is 6.18. The highest BCUT2D eigenvalue weighted by atomic mass is 32.2. The maximum Gasteiger partial charge on any atom is 0.289 e. The van der Waals surface area contributed by atoms with E-state index in [4.69, 9.17) is 0 Å². The van der Waals surface area contributed by atoms with Gasteiger partial charge in [0.2, 0.25) is 10.0 Å². The van der Waals surface area contributed by atoms with Gasteiger partial charge in [0.1, 0.15) is 0 Å². The average Bonchev–Trinajstić information content (AvgIpc) is 2.69. The molecule has 2 fully saturated rings. The van der Waals surface area contributed by atoms with Crippen LogP contribution in [0.1, 0.15) is 32.1 Å². The second kappa shape index (κ2) is 9.09. The number of benzene rings is 1. The Morgan fingerprint density at radius 1 is 1.07 bits per heavy atom. The number of sulfonamides is 1. The molecule has 0 radical (unpaired) electrons. The van der Waals surface area contributed by atoms with Gasteiger partial charge in [-0.1, -0.05) is 31.4 Å². The lowest BCUT2D eigenvalue weighted by molar-refractivity contribution is -0.387. The molecule has 1 saturated carbocycles. The second-order valence-corrected chi connectivity index (χ2v) is 9.17. The van der Waals surface area contributed by atoms with E-state index >= 15 is 0 Å². The van der Waals surface area contributed by atoms with Crippen LogP contribution in [0.3, 0.4) is 0 Å². The third kappa shape index (κ3) is 5.04. The van der Waals surface area contributed by atoms with Gasteiger partial charge in [0.25, 0.3) is 5.69 Å². The molecule has 0 spiro atoms. The Kier molecular flexibility index (Phi) is 6.80. The molecule has 1 aromatic rings. The highest BCUT2D eigenvalue weighted by molar-refractivity contribution is 7.89. The van der Waals surface area contributed by atoms with Crippen molar-refractivity contribution in [2.45, 2.75) is 43.0 Å². The Hall–Kier alpha value is -1.55. The molecule has 0 amide bonds. The molecule has 0 atom stereocenters. The van der Waals surface area contributed by atoms with Crippen molar-refractivity contribution >= 4 is 15.7 Å². The predicted octanol–water partition coefficient (Wildman–Crippen LogP) is 1.82. The van der Waals surface area contributed by atoms with Crippen molar-refractivity contribution in [3.05, 3.63) is 34.4 Å². The zero-order valence-corrected chi connectivity index (χ0v) is 16.4. The van der Waals surface area contributed by atoms with Gasteiger partial charge in [0, 0.05) is 51.4 Å². The summed E-state index contributed by atoms with van der Waals surface area (Å²) >= 11 is 0. The van der Waals surface area contributed by atoms with Crippen LogP contribution in [-0.4, -0.2) is 67.9 Å². The van der Waals surface area contributed by atoms with Crippen molar-refractivity contribution in [2.75, 3.05) is 39.3 Å². The van der Waals surface area contributed by atoms with E-state index in [0.717, 1.165) is 13.1 Å². The first-order valence-electron chi connectivity index (χ1n) is 9.68. The summed E-state index contributed by atoms with van der Waals surface area (Å²) in [5.41, 5.74) is -0.364. The molecule has 150 valence electrons. The number of hydrogen-bond acceptors (Lipinski definition) is 6. The summed E-state index contributed by atoms with van der Waals surface area (Å²) in [7, 11) is -3.85. The van der Waals surface area contributed by atoms with Crippen molar-refractivity contribution in [3.8, 4) is 0 Å². The van der Waals surface area contributed by atoms with Gasteiger partial charge in [-0.3, -0.25) is 15.0 Å². The van der Waals surface area contributed by atoms with Crippen molar-refractivity contribution in [2.24, 2.45) is 0 Å². The highest BCUT2D eigenvalue weighted by Gasteiger charge is 2.33. The Morgan fingerprint density at radius 3 is 2.41 bits per heavy atom. The molecule has 0 bridgehead atoms. The van der Waals surface area contributed by atoms with Gasteiger partial charge >= 0.3 is 0 Å². The van der Waals surface area contributed by atoms with Crippen LogP contribution < -0.4 is 5.32 Å². The van der Waals surface area contributed by atoms with Crippen LogP contribution in [0, 0.1) is 10.1 Å². The van der Waals surface area contributed by atoms with Crippen LogP contribution in [0.25, 0.3) is 0 Å². The number of para-hydroxylation sites is 1. The second-order valence-electron chi connectivity index (χ2n) is 7.26. The first-order chi connectivity index (χ1) is 13.0. The Balaban J connectivity index is 1.52. The lowest BCUT2D eigenvalue weighted by Crippen LogP contribution is -2.50. The maximum absolute atomic E-state index is 12.8. The van der Waals surface area contributed by atoms with Crippen LogP contribution in [0.15, 0.2) is 29.2 Å². The molecule has 1 saturated heterocycles. The molecule has 0 aromatic heterocycles. The number of nitrogens with zero attached hydrogens (tertiary/aromatic N) is 3. The van der Waals surface area contributed by atoms with E-state index in [9.17, 15) is 18.5 Å². The SMILES string of the molecule is O=[N+]([O-])c1ccccc1S(=O)(=O)N1CCN(CCNC2CCCCC2)CC1. The monoisotopic (exact) mass is 396 g/mol. The molecular formula is C18H28N4O4S. The van der Waals surface area contributed by atoms with E-state index in [-0.39, 0.29) is 10.6 Å². The van der Waals surface area contributed by atoms with Gasteiger partial charge in [0.15, 0.2) is 4.90 Å². The predicted molar refractivity (Wildman–Crippen MR) is 103 cm³/mol. The minimum atomic E-state index is -3.85. The van der Waals surface area contributed by atoms with Crippen LogP contribution in [0.2, 0.25) is 0 Å². The number of rotatable bonds is 7. The fraction of sp³-hybridized carbons (Fsp3) is 0.667. The Bertz CT molecular complexity index is 741. The minimum absolute atomic E-state index is 0.220. The Morgan fingerprint density at radius 2 is 1.74 bits per heavy atom. The summed E-state index contributed by atoms with van der Waals surface area (Å²) in [6.07, 6.45) is 6.46. The van der Waals surface area contributed by atoms with Gasteiger partial charge in [0.05, 0.1) is 4.92 Å². The molecule has 0 unspecified atom stereocenters. The van der Waals surface area contributed by atoms with Crippen molar-refractivity contribution in [3.63, 3.8) is 0 Å². The summed E-state index contributed by atoms with van der Waals surface area (Å²) in [5, 5.41) is 14.8. The zero-order chi connectivity index (χ0) is 19.3. The number of nitrogens with one attached hydrogen (secondary N) is 1. The highest BCUT2D eigenvalue weighted by Crippen LogP contribution is 2.26. The quantitative estimate of drug-likeness (QED) is 0.558. The summed E-state index contributed by atoms with van der Waals surface area (Å²) < 4.78 is 27.0. The van der Waals surface area contributed by atoms with Crippen LogP contribution in [0.5, 0.6) is 0 Å². The van der Waals surface area contributed by atoms with Gasteiger partial charge in [-0.25, -0.2) is 8.42 Å². The minimum Gasteiger partial charge on any atom is -0.313 e. The fourth-order valence-corrected chi connectivity index (χ4v) is 5.47. The maximum atomic E-state index is 12.8. The molecule has 1 aromatic carbocycles. The molecule has 1 heterocycles. The van der Waals surface area contributed by atoms with Gasteiger partial charge < -0.3 is 5.32 Å². The summed E-state index contributed by atoms with van der Waals surface area (Å²) in [4.78, 5) is 12.6. The van der Waals surface area contributed by atoms with E-state index in [0.29, 0.717) is 32.2 Å². The number of nitro groups is 1. The normalized spacial score (nSPS) is 20.6. The molecule has 9 heteroatoms. The molecule has 3 rings (SSSR count). The van der Waals surface area contributed by atoms with Crippen molar-refractivity contribution in [1.82, 2.24) is 14.5 Å². The smallest absolute Gasteiger partial charge is 0.289 e.